The Morgan fingerprint density at radius 2 is 2.31 bits per heavy atom. The topological polar surface area (TPSA) is 17.1 Å². The lowest BCUT2D eigenvalue weighted by Crippen LogP contribution is -2.23. The third-order valence-electron chi connectivity index (χ3n) is 3.99. The van der Waals surface area contributed by atoms with Crippen molar-refractivity contribution in [1.82, 2.24) is 0 Å². The zero-order valence-electron chi connectivity index (χ0n) is 8.12. The van der Waals surface area contributed by atoms with Crippen molar-refractivity contribution in [3.05, 3.63) is 24.3 Å². The second-order valence-electron chi connectivity index (χ2n) is 4.51. The highest BCUT2D eigenvalue weighted by atomic mass is 16.1. The van der Waals surface area contributed by atoms with Gasteiger partial charge in [0.25, 0.3) is 0 Å². The summed E-state index contributed by atoms with van der Waals surface area (Å²) in [5, 5.41) is 0. The van der Waals surface area contributed by atoms with Crippen LogP contribution < -0.4 is 0 Å². The Bertz CT molecular complexity index is 277. The van der Waals surface area contributed by atoms with Crippen LogP contribution in [-0.4, -0.2) is 6.29 Å². The minimum atomic E-state index is 0.115. The number of allylic oxidation sites excluding steroid dienone is 3. The molecular formula is C12H16O. The summed E-state index contributed by atoms with van der Waals surface area (Å²) in [5.74, 6) is 1.47. The van der Waals surface area contributed by atoms with E-state index in [4.69, 9.17) is 0 Å². The first kappa shape index (κ1) is 8.74. The van der Waals surface area contributed by atoms with Crippen molar-refractivity contribution in [2.75, 3.05) is 0 Å². The van der Waals surface area contributed by atoms with Crippen LogP contribution in [-0.2, 0) is 4.79 Å². The van der Waals surface area contributed by atoms with E-state index in [1.165, 1.54) is 24.8 Å². The van der Waals surface area contributed by atoms with Crippen LogP contribution >= 0.6 is 0 Å². The molecule has 2 saturated carbocycles. The molecule has 1 heteroatoms. The van der Waals surface area contributed by atoms with Gasteiger partial charge < -0.3 is 0 Å². The molecule has 0 N–H and O–H groups in total. The number of fused-ring (bicyclic) bond motifs is 2. The maximum absolute atomic E-state index is 10.3. The summed E-state index contributed by atoms with van der Waals surface area (Å²) in [6.07, 6.45) is 8.46. The number of rotatable bonds is 2. The fourth-order valence-corrected chi connectivity index (χ4v) is 3.03. The summed E-state index contributed by atoms with van der Waals surface area (Å²) in [6.45, 7) is 6.40. The standard InChI is InChI=1S/C12H16O/c1-9-10-4-5-11(8-10)12(9,2)6-3-7-13/h3,6-7,10-11H,1,4-5,8H2,2H3. The smallest absolute Gasteiger partial charge is 0.142 e. The molecular weight excluding hydrogens is 160 g/mol. The van der Waals surface area contributed by atoms with E-state index in [1.807, 2.05) is 6.08 Å². The van der Waals surface area contributed by atoms with Gasteiger partial charge >= 0.3 is 0 Å². The number of aldehydes is 1. The SMILES string of the molecule is C=C1C2CCC(C2)C1(C)C=CC=O. The van der Waals surface area contributed by atoms with E-state index in [9.17, 15) is 4.79 Å². The van der Waals surface area contributed by atoms with Crippen molar-refractivity contribution in [3.8, 4) is 0 Å². The Kier molecular flexibility index (Phi) is 1.90. The summed E-state index contributed by atoms with van der Waals surface area (Å²) in [7, 11) is 0. The van der Waals surface area contributed by atoms with E-state index >= 15 is 0 Å². The molecule has 2 rings (SSSR count). The molecule has 2 aliphatic rings. The first-order valence-electron chi connectivity index (χ1n) is 5.00. The van der Waals surface area contributed by atoms with Crippen LogP contribution in [0.25, 0.3) is 0 Å². The third-order valence-corrected chi connectivity index (χ3v) is 3.99. The van der Waals surface area contributed by atoms with Crippen LogP contribution in [0.15, 0.2) is 24.3 Å². The van der Waals surface area contributed by atoms with Gasteiger partial charge in [-0.2, -0.15) is 0 Å². The van der Waals surface area contributed by atoms with E-state index in [-0.39, 0.29) is 5.41 Å². The molecule has 0 radical (unpaired) electrons. The van der Waals surface area contributed by atoms with Crippen LogP contribution in [0.2, 0.25) is 0 Å². The summed E-state index contributed by atoms with van der Waals surface area (Å²) < 4.78 is 0. The Hall–Kier alpha value is -0.850. The number of hydrogen-bond acceptors (Lipinski definition) is 1. The second kappa shape index (κ2) is 2.83. The first-order valence-corrected chi connectivity index (χ1v) is 5.00. The van der Waals surface area contributed by atoms with E-state index in [0.717, 1.165) is 18.1 Å². The maximum atomic E-state index is 10.3. The Labute approximate surface area is 79.5 Å². The Balaban J connectivity index is 2.27. The molecule has 0 aliphatic heterocycles. The lowest BCUT2D eigenvalue weighted by molar-refractivity contribution is -0.104. The molecule has 0 amide bonds. The van der Waals surface area contributed by atoms with Crippen molar-refractivity contribution >= 4 is 6.29 Å². The van der Waals surface area contributed by atoms with E-state index in [0.29, 0.717) is 0 Å². The minimum Gasteiger partial charge on any atom is -0.299 e. The molecule has 0 aromatic carbocycles. The summed E-state index contributed by atoms with van der Waals surface area (Å²) in [6, 6.07) is 0. The zero-order valence-corrected chi connectivity index (χ0v) is 8.12. The van der Waals surface area contributed by atoms with E-state index in [2.05, 4.69) is 13.5 Å². The molecule has 0 aromatic heterocycles. The highest BCUT2D eigenvalue weighted by Gasteiger charge is 2.49. The molecule has 1 nitrogen and oxygen atoms in total. The van der Waals surface area contributed by atoms with Crippen molar-refractivity contribution in [1.29, 1.82) is 0 Å². The lowest BCUT2D eigenvalue weighted by atomic mass is 9.72. The van der Waals surface area contributed by atoms with E-state index < -0.39 is 0 Å². The molecule has 3 unspecified atom stereocenters. The maximum Gasteiger partial charge on any atom is 0.142 e. The molecule has 70 valence electrons. The van der Waals surface area contributed by atoms with Crippen LogP contribution in [0.3, 0.4) is 0 Å². The van der Waals surface area contributed by atoms with Gasteiger partial charge in [-0.3, -0.25) is 4.79 Å². The molecule has 13 heavy (non-hydrogen) atoms. The summed E-state index contributed by atoms with van der Waals surface area (Å²) in [5.41, 5.74) is 1.46. The molecule has 3 atom stereocenters. The van der Waals surface area contributed by atoms with Gasteiger partial charge in [0.05, 0.1) is 0 Å². The van der Waals surface area contributed by atoms with Gasteiger partial charge in [-0.15, -0.1) is 0 Å². The normalized spacial score (nSPS) is 43.3. The Morgan fingerprint density at radius 3 is 2.85 bits per heavy atom. The zero-order chi connectivity index (χ0) is 9.47. The predicted molar refractivity (Wildman–Crippen MR) is 53.3 cm³/mol. The average molecular weight is 176 g/mol. The Morgan fingerprint density at radius 1 is 1.54 bits per heavy atom. The van der Waals surface area contributed by atoms with Crippen molar-refractivity contribution in [2.45, 2.75) is 26.2 Å². The molecule has 0 saturated heterocycles. The van der Waals surface area contributed by atoms with Crippen LogP contribution in [0, 0.1) is 17.3 Å². The molecule has 2 bridgehead atoms. The van der Waals surface area contributed by atoms with Crippen LogP contribution in [0.5, 0.6) is 0 Å². The highest BCUT2D eigenvalue weighted by molar-refractivity contribution is 5.65. The van der Waals surface area contributed by atoms with Crippen LogP contribution in [0.4, 0.5) is 0 Å². The quantitative estimate of drug-likeness (QED) is 0.359. The van der Waals surface area contributed by atoms with Crippen molar-refractivity contribution in [2.24, 2.45) is 17.3 Å². The van der Waals surface area contributed by atoms with Crippen LogP contribution in [0.1, 0.15) is 26.2 Å². The van der Waals surface area contributed by atoms with Gasteiger partial charge in [0.1, 0.15) is 6.29 Å². The predicted octanol–water partition coefficient (Wildman–Crippen LogP) is 2.73. The number of carbonyl (C=O) groups is 1. The molecule has 0 aromatic rings. The van der Waals surface area contributed by atoms with Gasteiger partial charge in [-0.05, 0) is 37.2 Å². The fourth-order valence-electron chi connectivity index (χ4n) is 3.03. The van der Waals surface area contributed by atoms with Gasteiger partial charge in [-0.1, -0.05) is 25.2 Å². The minimum absolute atomic E-state index is 0.115. The second-order valence-corrected chi connectivity index (χ2v) is 4.51. The third kappa shape index (κ3) is 1.10. The summed E-state index contributed by atoms with van der Waals surface area (Å²) in [4.78, 5) is 10.3. The van der Waals surface area contributed by atoms with E-state index in [1.54, 1.807) is 6.08 Å². The first-order chi connectivity index (χ1) is 6.18. The lowest BCUT2D eigenvalue weighted by Gasteiger charge is -2.33. The molecule has 2 fully saturated rings. The molecule has 0 heterocycles. The largest absolute Gasteiger partial charge is 0.299 e. The molecule has 0 spiro atoms. The van der Waals surface area contributed by atoms with Gasteiger partial charge in [0.15, 0.2) is 0 Å². The van der Waals surface area contributed by atoms with Gasteiger partial charge in [0, 0.05) is 5.41 Å². The highest BCUT2D eigenvalue weighted by Crippen LogP contribution is 2.59. The monoisotopic (exact) mass is 176 g/mol. The summed E-state index contributed by atoms with van der Waals surface area (Å²) >= 11 is 0. The van der Waals surface area contributed by atoms with Gasteiger partial charge in [0.2, 0.25) is 0 Å². The number of carbonyl (C=O) groups excluding carboxylic acids is 1. The van der Waals surface area contributed by atoms with Gasteiger partial charge in [-0.25, -0.2) is 0 Å². The number of hydrogen-bond donors (Lipinski definition) is 0. The average Bonchev–Trinajstić information content (AvgIpc) is 2.68. The molecule has 2 aliphatic carbocycles. The van der Waals surface area contributed by atoms with Crippen molar-refractivity contribution < 1.29 is 4.79 Å². The van der Waals surface area contributed by atoms with Crippen molar-refractivity contribution in [3.63, 3.8) is 0 Å². The fraction of sp³-hybridized carbons (Fsp3) is 0.583.